The minimum Gasteiger partial charge on any atom is -0.444 e. The standard InChI is InChI=1S/C12H19BrN2O2S/c1-12(2,3)17-11(16)15(4)7-8(14)9-5-6-10(13)18-9/h5-6,8H,7,14H2,1-4H3. The van der Waals surface area contributed by atoms with Gasteiger partial charge in [-0.3, -0.25) is 0 Å². The van der Waals surface area contributed by atoms with E-state index in [0.29, 0.717) is 6.54 Å². The minimum absolute atomic E-state index is 0.196. The molecule has 102 valence electrons. The summed E-state index contributed by atoms with van der Waals surface area (Å²) in [6.07, 6.45) is -0.353. The Balaban J connectivity index is 2.54. The summed E-state index contributed by atoms with van der Waals surface area (Å²) < 4.78 is 6.30. The van der Waals surface area contributed by atoms with E-state index in [-0.39, 0.29) is 12.1 Å². The number of rotatable bonds is 3. The van der Waals surface area contributed by atoms with Crippen LogP contribution in [0.5, 0.6) is 0 Å². The summed E-state index contributed by atoms with van der Waals surface area (Å²) in [5.41, 5.74) is 5.57. The van der Waals surface area contributed by atoms with Crippen molar-refractivity contribution in [2.75, 3.05) is 13.6 Å². The molecule has 1 heterocycles. The van der Waals surface area contributed by atoms with Gasteiger partial charge in [0.1, 0.15) is 5.60 Å². The van der Waals surface area contributed by atoms with Crippen molar-refractivity contribution in [2.45, 2.75) is 32.4 Å². The predicted octanol–water partition coefficient (Wildman–Crippen LogP) is 3.38. The van der Waals surface area contributed by atoms with Crippen LogP contribution in [0, 0.1) is 0 Å². The monoisotopic (exact) mass is 334 g/mol. The summed E-state index contributed by atoms with van der Waals surface area (Å²) in [4.78, 5) is 14.3. The van der Waals surface area contributed by atoms with Gasteiger partial charge < -0.3 is 15.4 Å². The molecule has 1 aromatic heterocycles. The van der Waals surface area contributed by atoms with Crippen LogP contribution in [0.25, 0.3) is 0 Å². The van der Waals surface area contributed by atoms with E-state index < -0.39 is 5.60 Å². The molecule has 0 spiro atoms. The van der Waals surface area contributed by atoms with E-state index in [0.717, 1.165) is 8.66 Å². The first-order valence-electron chi connectivity index (χ1n) is 5.64. The lowest BCUT2D eigenvalue weighted by Crippen LogP contribution is -2.38. The Morgan fingerprint density at radius 1 is 1.56 bits per heavy atom. The van der Waals surface area contributed by atoms with Crippen molar-refractivity contribution >= 4 is 33.4 Å². The maximum Gasteiger partial charge on any atom is 0.410 e. The van der Waals surface area contributed by atoms with Crippen LogP contribution in [0.15, 0.2) is 15.9 Å². The van der Waals surface area contributed by atoms with Gasteiger partial charge in [-0.1, -0.05) is 0 Å². The Morgan fingerprint density at radius 2 is 2.17 bits per heavy atom. The Labute approximate surface area is 120 Å². The molecule has 0 aliphatic heterocycles. The van der Waals surface area contributed by atoms with Crippen LogP contribution in [0.2, 0.25) is 0 Å². The molecule has 0 aliphatic carbocycles. The second-order valence-electron chi connectivity index (χ2n) is 5.11. The van der Waals surface area contributed by atoms with Crippen molar-refractivity contribution in [3.05, 3.63) is 20.8 Å². The number of carbonyl (C=O) groups is 1. The van der Waals surface area contributed by atoms with E-state index in [4.69, 9.17) is 10.5 Å². The molecule has 0 radical (unpaired) electrons. The zero-order chi connectivity index (χ0) is 13.9. The lowest BCUT2D eigenvalue weighted by atomic mass is 10.2. The van der Waals surface area contributed by atoms with E-state index in [2.05, 4.69) is 15.9 Å². The number of nitrogens with zero attached hydrogens (tertiary/aromatic N) is 1. The highest BCUT2D eigenvalue weighted by atomic mass is 79.9. The molecule has 0 saturated carbocycles. The molecule has 1 aromatic rings. The lowest BCUT2D eigenvalue weighted by molar-refractivity contribution is 0.0289. The van der Waals surface area contributed by atoms with Crippen molar-refractivity contribution < 1.29 is 9.53 Å². The fourth-order valence-electron chi connectivity index (χ4n) is 1.33. The number of carbonyl (C=O) groups excluding carboxylic acids is 1. The zero-order valence-electron chi connectivity index (χ0n) is 11.1. The molecule has 0 aliphatic rings. The summed E-state index contributed by atoms with van der Waals surface area (Å²) in [5.74, 6) is 0. The van der Waals surface area contributed by atoms with Gasteiger partial charge >= 0.3 is 6.09 Å². The normalized spacial score (nSPS) is 13.2. The van der Waals surface area contributed by atoms with Crippen molar-refractivity contribution in [2.24, 2.45) is 5.73 Å². The molecule has 4 nitrogen and oxygen atoms in total. The minimum atomic E-state index is -0.485. The highest BCUT2D eigenvalue weighted by Gasteiger charge is 2.21. The SMILES string of the molecule is CN(CC(N)c1ccc(Br)s1)C(=O)OC(C)(C)C. The predicted molar refractivity (Wildman–Crippen MR) is 77.8 cm³/mol. The van der Waals surface area contributed by atoms with Gasteiger partial charge in [0.05, 0.1) is 9.83 Å². The van der Waals surface area contributed by atoms with Crippen LogP contribution in [-0.4, -0.2) is 30.2 Å². The zero-order valence-corrected chi connectivity index (χ0v) is 13.5. The van der Waals surface area contributed by atoms with Gasteiger partial charge in [-0.15, -0.1) is 11.3 Å². The summed E-state index contributed by atoms with van der Waals surface area (Å²) in [6.45, 7) is 5.96. The average molecular weight is 335 g/mol. The number of nitrogens with two attached hydrogens (primary N) is 1. The largest absolute Gasteiger partial charge is 0.444 e. The van der Waals surface area contributed by atoms with Crippen molar-refractivity contribution in [3.63, 3.8) is 0 Å². The fourth-order valence-corrected chi connectivity index (χ4v) is 2.74. The second kappa shape index (κ2) is 6.04. The smallest absolute Gasteiger partial charge is 0.410 e. The molecular formula is C12H19BrN2O2S. The summed E-state index contributed by atoms with van der Waals surface area (Å²) in [6, 6.07) is 3.72. The molecule has 0 bridgehead atoms. The van der Waals surface area contributed by atoms with Crippen molar-refractivity contribution in [1.82, 2.24) is 4.90 Å². The van der Waals surface area contributed by atoms with Crippen LogP contribution >= 0.6 is 27.3 Å². The Hall–Kier alpha value is -0.590. The van der Waals surface area contributed by atoms with Gasteiger partial charge in [0.15, 0.2) is 0 Å². The van der Waals surface area contributed by atoms with E-state index >= 15 is 0 Å². The Morgan fingerprint density at radius 3 is 2.61 bits per heavy atom. The van der Waals surface area contributed by atoms with Crippen LogP contribution in [0.3, 0.4) is 0 Å². The molecule has 1 unspecified atom stereocenters. The molecular weight excluding hydrogens is 316 g/mol. The Kier molecular flexibility index (Phi) is 5.19. The second-order valence-corrected chi connectivity index (χ2v) is 7.60. The highest BCUT2D eigenvalue weighted by Crippen LogP contribution is 2.26. The van der Waals surface area contributed by atoms with Gasteiger partial charge in [-0.05, 0) is 48.8 Å². The lowest BCUT2D eigenvalue weighted by Gasteiger charge is -2.26. The van der Waals surface area contributed by atoms with Crippen LogP contribution in [-0.2, 0) is 4.74 Å². The van der Waals surface area contributed by atoms with Crippen LogP contribution in [0.4, 0.5) is 4.79 Å². The number of thiophene rings is 1. The molecule has 1 atom stereocenters. The summed E-state index contributed by atoms with van der Waals surface area (Å²) in [5, 5.41) is 0. The summed E-state index contributed by atoms with van der Waals surface area (Å²) >= 11 is 4.97. The number of amides is 1. The van der Waals surface area contributed by atoms with E-state index in [1.54, 1.807) is 18.4 Å². The van der Waals surface area contributed by atoms with E-state index in [9.17, 15) is 4.79 Å². The molecule has 2 N–H and O–H groups in total. The van der Waals surface area contributed by atoms with Crippen molar-refractivity contribution in [3.8, 4) is 0 Å². The molecule has 6 heteroatoms. The Bertz CT molecular complexity index is 414. The van der Waals surface area contributed by atoms with Gasteiger partial charge in [-0.25, -0.2) is 4.79 Å². The average Bonchev–Trinajstić information content (AvgIpc) is 2.62. The molecule has 1 rings (SSSR count). The number of hydrogen-bond acceptors (Lipinski definition) is 4. The van der Waals surface area contributed by atoms with Gasteiger partial charge in [0.25, 0.3) is 0 Å². The van der Waals surface area contributed by atoms with Gasteiger partial charge in [-0.2, -0.15) is 0 Å². The van der Waals surface area contributed by atoms with E-state index in [1.165, 1.54) is 4.90 Å². The first kappa shape index (κ1) is 15.5. The van der Waals surface area contributed by atoms with Gasteiger partial charge in [0.2, 0.25) is 0 Å². The van der Waals surface area contributed by atoms with Gasteiger partial charge in [0, 0.05) is 18.5 Å². The first-order chi connectivity index (χ1) is 8.19. The molecule has 0 aromatic carbocycles. The third kappa shape index (κ3) is 4.96. The van der Waals surface area contributed by atoms with Crippen LogP contribution < -0.4 is 5.73 Å². The molecule has 0 saturated heterocycles. The topological polar surface area (TPSA) is 55.6 Å². The van der Waals surface area contributed by atoms with Crippen molar-refractivity contribution in [1.29, 1.82) is 0 Å². The third-order valence-electron chi connectivity index (χ3n) is 2.14. The summed E-state index contributed by atoms with van der Waals surface area (Å²) in [7, 11) is 1.69. The maximum absolute atomic E-state index is 11.8. The molecule has 18 heavy (non-hydrogen) atoms. The van der Waals surface area contributed by atoms with Crippen LogP contribution in [0.1, 0.15) is 31.7 Å². The highest BCUT2D eigenvalue weighted by molar-refractivity contribution is 9.11. The quantitative estimate of drug-likeness (QED) is 0.921. The maximum atomic E-state index is 11.8. The van der Waals surface area contributed by atoms with E-state index in [1.807, 2.05) is 32.9 Å². The molecule has 0 fully saturated rings. The molecule has 1 amide bonds. The number of likely N-dealkylation sites (N-methyl/N-ethyl adjacent to an activating group) is 1. The third-order valence-corrected chi connectivity index (χ3v) is 3.89. The number of halogens is 1. The fraction of sp³-hybridized carbons (Fsp3) is 0.583. The number of ether oxygens (including phenoxy) is 1. The first-order valence-corrected chi connectivity index (χ1v) is 7.25. The number of hydrogen-bond donors (Lipinski definition) is 1.